The van der Waals surface area contributed by atoms with Crippen LogP contribution in [0.4, 0.5) is 0 Å². The Morgan fingerprint density at radius 2 is 2.40 bits per heavy atom. The van der Waals surface area contributed by atoms with Crippen molar-refractivity contribution in [1.29, 1.82) is 5.26 Å². The number of hydrogen-bond donors (Lipinski definition) is 1. The highest BCUT2D eigenvalue weighted by Crippen LogP contribution is 2.19. The Balaban J connectivity index is 2.23. The smallest absolute Gasteiger partial charge is 0.0962 e. The van der Waals surface area contributed by atoms with E-state index in [1.807, 2.05) is 7.05 Å². The van der Waals surface area contributed by atoms with Gasteiger partial charge in [0.05, 0.1) is 12.1 Å². The highest BCUT2D eigenvalue weighted by atomic mass is 15.1. The molecule has 0 aliphatic carbocycles. The van der Waals surface area contributed by atoms with Gasteiger partial charge in [-0.1, -0.05) is 13.3 Å². The topological polar surface area (TPSA) is 39.1 Å². The fraction of sp³-hybridized carbons (Fsp3) is 0.917. The van der Waals surface area contributed by atoms with Crippen molar-refractivity contribution in [2.45, 2.75) is 38.6 Å². The van der Waals surface area contributed by atoms with E-state index in [-0.39, 0.29) is 6.04 Å². The summed E-state index contributed by atoms with van der Waals surface area (Å²) in [5, 5.41) is 11.9. The number of piperidine rings is 1. The average Bonchev–Trinajstić information content (AvgIpc) is 2.31. The predicted molar refractivity (Wildman–Crippen MR) is 62.5 cm³/mol. The van der Waals surface area contributed by atoms with Crippen molar-refractivity contribution in [3.8, 4) is 6.07 Å². The first kappa shape index (κ1) is 12.5. The van der Waals surface area contributed by atoms with E-state index in [2.05, 4.69) is 23.2 Å². The van der Waals surface area contributed by atoms with Crippen molar-refractivity contribution < 1.29 is 0 Å². The average molecular weight is 209 g/mol. The van der Waals surface area contributed by atoms with E-state index in [1.165, 1.54) is 32.4 Å². The molecule has 2 unspecified atom stereocenters. The zero-order valence-corrected chi connectivity index (χ0v) is 10.00. The van der Waals surface area contributed by atoms with Crippen LogP contribution in [0.2, 0.25) is 0 Å². The van der Waals surface area contributed by atoms with Crippen LogP contribution in [0.25, 0.3) is 0 Å². The zero-order chi connectivity index (χ0) is 11.1. The van der Waals surface area contributed by atoms with Crippen LogP contribution in [0.3, 0.4) is 0 Å². The Morgan fingerprint density at radius 1 is 1.60 bits per heavy atom. The molecular formula is C12H23N3. The zero-order valence-electron chi connectivity index (χ0n) is 10.00. The monoisotopic (exact) mass is 209 g/mol. The second-order valence-electron chi connectivity index (χ2n) is 4.48. The van der Waals surface area contributed by atoms with E-state index in [9.17, 15) is 0 Å². The summed E-state index contributed by atoms with van der Waals surface area (Å²) in [6.07, 6.45) is 4.96. The molecule has 1 rings (SSSR count). The quantitative estimate of drug-likeness (QED) is 0.747. The third-order valence-electron chi connectivity index (χ3n) is 3.42. The summed E-state index contributed by atoms with van der Waals surface area (Å²) < 4.78 is 0. The second kappa shape index (κ2) is 6.81. The molecule has 1 saturated heterocycles. The van der Waals surface area contributed by atoms with Gasteiger partial charge in [0, 0.05) is 13.1 Å². The van der Waals surface area contributed by atoms with Gasteiger partial charge in [0.1, 0.15) is 0 Å². The maximum Gasteiger partial charge on any atom is 0.0962 e. The van der Waals surface area contributed by atoms with Crippen LogP contribution < -0.4 is 5.32 Å². The van der Waals surface area contributed by atoms with Gasteiger partial charge in [-0.05, 0) is 38.8 Å². The molecule has 1 aliphatic rings. The molecule has 1 N–H and O–H groups in total. The van der Waals surface area contributed by atoms with Crippen molar-refractivity contribution in [3.63, 3.8) is 0 Å². The molecule has 1 aliphatic heterocycles. The van der Waals surface area contributed by atoms with Crippen LogP contribution in [0.5, 0.6) is 0 Å². The lowest BCUT2D eigenvalue weighted by molar-refractivity contribution is 0.168. The van der Waals surface area contributed by atoms with Gasteiger partial charge < -0.3 is 10.2 Å². The predicted octanol–water partition coefficient (Wildman–Crippen LogP) is 1.61. The number of nitriles is 1. The van der Waals surface area contributed by atoms with Gasteiger partial charge in [0.25, 0.3) is 0 Å². The molecule has 15 heavy (non-hydrogen) atoms. The normalized spacial score (nSPS) is 24.7. The summed E-state index contributed by atoms with van der Waals surface area (Å²) in [4.78, 5) is 2.51. The molecular weight excluding hydrogens is 186 g/mol. The van der Waals surface area contributed by atoms with Crippen molar-refractivity contribution in [2.24, 2.45) is 5.92 Å². The molecule has 3 heteroatoms. The first-order valence-electron chi connectivity index (χ1n) is 6.09. The number of likely N-dealkylation sites (tertiary alicyclic amines) is 1. The van der Waals surface area contributed by atoms with Crippen LogP contribution in [-0.4, -0.2) is 37.6 Å². The van der Waals surface area contributed by atoms with E-state index >= 15 is 0 Å². The van der Waals surface area contributed by atoms with E-state index in [4.69, 9.17) is 5.26 Å². The molecule has 0 radical (unpaired) electrons. The SMILES string of the molecule is CCC1CCCN(CCC(C#N)NC)C1. The van der Waals surface area contributed by atoms with Crippen LogP contribution in [0, 0.1) is 17.2 Å². The lowest BCUT2D eigenvalue weighted by Gasteiger charge is -2.32. The Morgan fingerprint density at radius 3 is 3.00 bits per heavy atom. The fourth-order valence-corrected chi connectivity index (χ4v) is 2.27. The molecule has 0 aromatic carbocycles. The minimum Gasteiger partial charge on any atom is -0.305 e. The van der Waals surface area contributed by atoms with Crippen LogP contribution in [-0.2, 0) is 0 Å². The Labute approximate surface area is 93.5 Å². The summed E-state index contributed by atoms with van der Waals surface area (Å²) in [5.74, 6) is 0.883. The molecule has 3 nitrogen and oxygen atoms in total. The van der Waals surface area contributed by atoms with E-state index < -0.39 is 0 Å². The van der Waals surface area contributed by atoms with Gasteiger partial charge in [0.2, 0.25) is 0 Å². The molecule has 2 atom stereocenters. The highest BCUT2D eigenvalue weighted by molar-refractivity contribution is 4.89. The first-order valence-corrected chi connectivity index (χ1v) is 6.09. The molecule has 0 amide bonds. The van der Waals surface area contributed by atoms with Gasteiger partial charge >= 0.3 is 0 Å². The van der Waals surface area contributed by atoms with Crippen molar-refractivity contribution in [2.75, 3.05) is 26.7 Å². The minimum atomic E-state index is 0.0204. The molecule has 0 aromatic heterocycles. The van der Waals surface area contributed by atoms with Gasteiger partial charge in [0.15, 0.2) is 0 Å². The molecule has 1 heterocycles. The van der Waals surface area contributed by atoms with Crippen molar-refractivity contribution in [1.82, 2.24) is 10.2 Å². The van der Waals surface area contributed by atoms with Crippen LogP contribution in [0.1, 0.15) is 32.6 Å². The van der Waals surface area contributed by atoms with E-state index in [0.717, 1.165) is 18.9 Å². The standard InChI is InChI=1S/C12H23N3/c1-3-11-5-4-7-15(10-11)8-6-12(9-13)14-2/h11-12,14H,3-8,10H2,1-2H3. The van der Waals surface area contributed by atoms with Crippen molar-refractivity contribution in [3.05, 3.63) is 0 Å². The third kappa shape index (κ3) is 4.19. The summed E-state index contributed by atoms with van der Waals surface area (Å²) in [5.41, 5.74) is 0. The van der Waals surface area contributed by atoms with Crippen LogP contribution >= 0.6 is 0 Å². The van der Waals surface area contributed by atoms with E-state index in [1.54, 1.807) is 0 Å². The van der Waals surface area contributed by atoms with Crippen molar-refractivity contribution >= 4 is 0 Å². The lowest BCUT2D eigenvalue weighted by Crippen LogP contribution is -2.38. The first-order chi connectivity index (χ1) is 7.30. The number of nitrogens with zero attached hydrogens (tertiary/aromatic N) is 2. The summed E-state index contributed by atoms with van der Waals surface area (Å²) >= 11 is 0. The van der Waals surface area contributed by atoms with E-state index in [0.29, 0.717) is 0 Å². The maximum absolute atomic E-state index is 8.82. The van der Waals surface area contributed by atoms with Gasteiger partial charge in [-0.3, -0.25) is 0 Å². The largest absolute Gasteiger partial charge is 0.305 e. The van der Waals surface area contributed by atoms with Gasteiger partial charge in [-0.2, -0.15) is 5.26 Å². The molecule has 1 fully saturated rings. The number of rotatable bonds is 5. The molecule has 0 spiro atoms. The molecule has 0 saturated carbocycles. The summed E-state index contributed by atoms with van der Waals surface area (Å²) in [7, 11) is 1.86. The summed E-state index contributed by atoms with van der Waals surface area (Å²) in [6, 6.07) is 2.30. The maximum atomic E-state index is 8.82. The number of hydrogen-bond acceptors (Lipinski definition) is 3. The lowest BCUT2D eigenvalue weighted by atomic mass is 9.95. The molecule has 0 aromatic rings. The molecule has 0 bridgehead atoms. The second-order valence-corrected chi connectivity index (χ2v) is 4.48. The third-order valence-corrected chi connectivity index (χ3v) is 3.42. The summed E-state index contributed by atoms with van der Waals surface area (Å²) in [6.45, 7) is 5.80. The van der Waals surface area contributed by atoms with Gasteiger partial charge in [-0.25, -0.2) is 0 Å². The van der Waals surface area contributed by atoms with Gasteiger partial charge in [-0.15, -0.1) is 0 Å². The fourth-order valence-electron chi connectivity index (χ4n) is 2.27. The Hall–Kier alpha value is -0.590. The molecule has 86 valence electrons. The minimum absolute atomic E-state index is 0.0204. The Bertz CT molecular complexity index is 209. The van der Waals surface area contributed by atoms with Crippen LogP contribution in [0.15, 0.2) is 0 Å². The Kier molecular flexibility index (Phi) is 5.67. The number of nitrogens with one attached hydrogen (secondary N) is 1. The highest BCUT2D eigenvalue weighted by Gasteiger charge is 2.18.